The number of ether oxygens (including phenoxy) is 1. The summed E-state index contributed by atoms with van der Waals surface area (Å²) in [6.45, 7) is 1.35. The number of carbonyl (C=O) groups is 1. The molecular formula is C14H20F2N2O3. The summed E-state index contributed by atoms with van der Waals surface area (Å²) in [6, 6.07) is 5.31. The van der Waals surface area contributed by atoms with E-state index in [0.29, 0.717) is 18.7 Å². The summed E-state index contributed by atoms with van der Waals surface area (Å²) in [5.41, 5.74) is 0.123. The second-order valence-electron chi connectivity index (χ2n) is 5.35. The molecule has 0 aliphatic heterocycles. The van der Waals surface area contributed by atoms with Crippen LogP contribution in [0.25, 0.3) is 0 Å². The lowest BCUT2D eigenvalue weighted by Crippen LogP contribution is -2.37. The zero-order valence-electron chi connectivity index (χ0n) is 12.0. The molecule has 1 aromatic carbocycles. The van der Waals surface area contributed by atoms with Crippen LogP contribution in [0.4, 0.5) is 19.3 Å². The van der Waals surface area contributed by atoms with Crippen LogP contribution >= 0.6 is 0 Å². The lowest BCUT2D eigenvalue weighted by Gasteiger charge is -2.23. The number of amides is 2. The Kier molecular flexibility index (Phi) is 6.36. The second-order valence-corrected chi connectivity index (χ2v) is 5.35. The number of carbonyl (C=O) groups excluding carboxylic acids is 1. The maximum Gasteiger partial charge on any atom is 0.387 e. The van der Waals surface area contributed by atoms with E-state index in [9.17, 15) is 13.6 Å². The first-order valence-corrected chi connectivity index (χ1v) is 6.53. The highest BCUT2D eigenvalue weighted by molar-refractivity contribution is 5.89. The lowest BCUT2D eigenvalue weighted by molar-refractivity contribution is -0.0497. The van der Waals surface area contributed by atoms with Gasteiger partial charge in [0.05, 0.1) is 0 Å². The molecule has 7 heteroatoms. The van der Waals surface area contributed by atoms with E-state index in [1.165, 1.54) is 18.2 Å². The highest BCUT2D eigenvalue weighted by Gasteiger charge is 2.18. The summed E-state index contributed by atoms with van der Waals surface area (Å²) < 4.78 is 28.4. The number of urea groups is 1. The zero-order chi connectivity index (χ0) is 15.9. The van der Waals surface area contributed by atoms with Gasteiger partial charge in [-0.2, -0.15) is 8.78 Å². The minimum absolute atomic E-state index is 0.0246. The van der Waals surface area contributed by atoms with E-state index in [0.717, 1.165) is 0 Å². The van der Waals surface area contributed by atoms with Gasteiger partial charge in [-0.05, 0) is 24.0 Å². The quantitative estimate of drug-likeness (QED) is 0.725. The molecular weight excluding hydrogens is 282 g/mol. The smallest absolute Gasteiger partial charge is 0.387 e. The van der Waals surface area contributed by atoms with Crippen LogP contribution in [0.5, 0.6) is 5.75 Å². The van der Waals surface area contributed by atoms with Crippen molar-refractivity contribution in [1.29, 1.82) is 0 Å². The average molecular weight is 302 g/mol. The number of hydrogen-bond donors (Lipinski definition) is 3. The molecule has 21 heavy (non-hydrogen) atoms. The molecule has 0 heterocycles. The predicted molar refractivity (Wildman–Crippen MR) is 75.6 cm³/mol. The van der Waals surface area contributed by atoms with Crippen molar-refractivity contribution in [2.75, 3.05) is 18.5 Å². The van der Waals surface area contributed by atoms with Crippen molar-refractivity contribution in [2.45, 2.75) is 26.9 Å². The zero-order valence-corrected chi connectivity index (χ0v) is 12.0. The first kappa shape index (κ1) is 17.2. The molecule has 118 valence electrons. The fraction of sp³-hybridized carbons (Fsp3) is 0.500. The molecule has 0 aliphatic carbocycles. The molecule has 0 spiro atoms. The Balaban J connectivity index is 2.51. The van der Waals surface area contributed by atoms with E-state index in [2.05, 4.69) is 15.4 Å². The van der Waals surface area contributed by atoms with Gasteiger partial charge in [-0.25, -0.2) is 4.79 Å². The molecule has 0 aromatic heterocycles. The Hall–Kier alpha value is -1.89. The molecule has 1 aromatic rings. The Morgan fingerprint density at radius 2 is 2.14 bits per heavy atom. The first-order chi connectivity index (χ1) is 9.82. The number of hydrogen-bond acceptors (Lipinski definition) is 3. The molecule has 0 saturated carbocycles. The van der Waals surface area contributed by atoms with Crippen LogP contribution in [0.15, 0.2) is 24.3 Å². The van der Waals surface area contributed by atoms with Crippen molar-refractivity contribution in [3.63, 3.8) is 0 Å². The largest absolute Gasteiger partial charge is 0.435 e. The van der Waals surface area contributed by atoms with Gasteiger partial charge >= 0.3 is 12.6 Å². The highest BCUT2D eigenvalue weighted by atomic mass is 19.3. The van der Waals surface area contributed by atoms with Gasteiger partial charge in [-0.15, -0.1) is 0 Å². The predicted octanol–water partition coefficient (Wildman–Crippen LogP) is 2.82. The second kappa shape index (κ2) is 7.78. The minimum atomic E-state index is -2.91. The highest BCUT2D eigenvalue weighted by Crippen LogP contribution is 2.20. The molecule has 3 N–H and O–H groups in total. The summed E-state index contributed by atoms with van der Waals surface area (Å²) in [5.74, 6) is -0.0246. The van der Waals surface area contributed by atoms with Crippen LogP contribution in [-0.2, 0) is 0 Å². The van der Waals surface area contributed by atoms with Gasteiger partial charge in [0.15, 0.2) is 0 Å². The van der Waals surface area contributed by atoms with E-state index >= 15 is 0 Å². The molecule has 0 bridgehead atoms. The molecule has 1 rings (SSSR count). The maximum absolute atomic E-state index is 12.1. The molecule has 0 saturated heterocycles. The van der Waals surface area contributed by atoms with Gasteiger partial charge in [0.1, 0.15) is 5.75 Å². The fourth-order valence-electron chi connectivity index (χ4n) is 1.64. The molecule has 0 fully saturated rings. The third kappa shape index (κ3) is 6.89. The fourth-order valence-corrected chi connectivity index (χ4v) is 1.64. The van der Waals surface area contributed by atoms with Crippen molar-refractivity contribution in [1.82, 2.24) is 5.32 Å². The molecule has 0 radical (unpaired) electrons. The number of aliphatic hydroxyl groups excluding tert-OH is 1. The molecule has 0 atom stereocenters. The van der Waals surface area contributed by atoms with Gasteiger partial charge < -0.3 is 20.5 Å². The van der Waals surface area contributed by atoms with Crippen molar-refractivity contribution in [3.8, 4) is 5.75 Å². The van der Waals surface area contributed by atoms with E-state index < -0.39 is 12.6 Å². The number of nitrogens with one attached hydrogen (secondary N) is 2. The Bertz CT molecular complexity index is 467. The Labute approximate surface area is 122 Å². The van der Waals surface area contributed by atoms with Gasteiger partial charge in [0.25, 0.3) is 0 Å². The minimum Gasteiger partial charge on any atom is -0.435 e. The first-order valence-electron chi connectivity index (χ1n) is 6.53. The van der Waals surface area contributed by atoms with Gasteiger partial charge in [0, 0.05) is 24.9 Å². The standard InChI is InChI=1S/C14H20F2N2O3/c1-14(2,6-7-19)9-17-13(20)18-10-4-3-5-11(8-10)21-12(15)16/h3-5,8,12,19H,6-7,9H2,1-2H3,(H2,17,18,20). The summed E-state index contributed by atoms with van der Waals surface area (Å²) in [4.78, 5) is 11.7. The van der Waals surface area contributed by atoms with Gasteiger partial charge in [-0.1, -0.05) is 19.9 Å². The number of rotatable bonds is 7. The SMILES string of the molecule is CC(C)(CCO)CNC(=O)Nc1cccc(OC(F)F)c1. The number of benzene rings is 1. The van der Waals surface area contributed by atoms with Crippen LogP contribution < -0.4 is 15.4 Å². The number of halogens is 2. The normalized spacial score (nSPS) is 11.3. The topological polar surface area (TPSA) is 70.6 Å². The molecule has 0 aliphatic rings. The van der Waals surface area contributed by atoms with Crippen molar-refractivity contribution < 1.29 is 23.4 Å². The maximum atomic E-state index is 12.1. The number of aliphatic hydroxyl groups is 1. The summed E-state index contributed by atoms with van der Waals surface area (Å²) in [6.07, 6.45) is 0.561. The van der Waals surface area contributed by atoms with E-state index in [1.807, 2.05) is 13.8 Å². The third-order valence-electron chi connectivity index (χ3n) is 2.83. The van der Waals surface area contributed by atoms with Crippen LogP contribution in [0.2, 0.25) is 0 Å². The van der Waals surface area contributed by atoms with E-state index in [4.69, 9.17) is 5.11 Å². The number of anilines is 1. The van der Waals surface area contributed by atoms with Crippen LogP contribution in [0, 0.1) is 5.41 Å². The van der Waals surface area contributed by atoms with Gasteiger partial charge in [-0.3, -0.25) is 0 Å². The van der Waals surface area contributed by atoms with Gasteiger partial charge in [0.2, 0.25) is 0 Å². The monoisotopic (exact) mass is 302 g/mol. The van der Waals surface area contributed by atoms with Crippen molar-refractivity contribution in [3.05, 3.63) is 24.3 Å². The summed E-state index contributed by atoms with van der Waals surface area (Å²) in [7, 11) is 0. The summed E-state index contributed by atoms with van der Waals surface area (Å²) >= 11 is 0. The van der Waals surface area contributed by atoms with Crippen LogP contribution in [-0.4, -0.2) is 30.9 Å². The Morgan fingerprint density at radius 1 is 1.43 bits per heavy atom. The molecule has 5 nitrogen and oxygen atoms in total. The summed E-state index contributed by atoms with van der Waals surface area (Å²) in [5, 5.41) is 14.1. The van der Waals surface area contributed by atoms with Crippen molar-refractivity contribution >= 4 is 11.7 Å². The molecule has 0 unspecified atom stereocenters. The van der Waals surface area contributed by atoms with Crippen LogP contribution in [0.1, 0.15) is 20.3 Å². The average Bonchev–Trinajstić information content (AvgIpc) is 2.36. The lowest BCUT2D eigenvalue weighted by atomic mass is 9.90. The molecule has 2 amide bonds. The third-order valence-corrected chi connectivity index (χ3v) is 2.83. The van der Waals surface area contributed by atoms with E-state index in [-0.39, 0.29) is 17.8 Å². The van der Waals surface area contributed by atoms with E-state index in [1.54, 1.807) is 6.07 Å². The Morgan fingerprint density at radius 3 is 2.76 bits per heavy atom. The van der Waals surface area contributed by atoms with Crippen molar-refractivity contribution in [2.24, 2.45) is 5.41 Å². The number of alkyl halides is 2. The van der Waals surface area contributed by atoms with Crippen LogP contribution in [0.3, 0.4) is 0 Å².